The molecule has 0 radical (unpaired) electrons. The van der Waals surface area contributed by atoms with Crippen LogP contribution in [0.15, 0.2) is 24.5 Å². The fourth-order valence-electron chi connectivity index (χ4n) is 1.22. The first-order chi connectivity index (χ1) is 8.08. The number of aryl methyl sites for hydroxylation is 1. The molecule has 1 aromatic heterocycles. The normalized spacial score (nSPS) is 10.3. The Bertz CT molecular complexity index is 569. The van der Waals surface area contributed by atoms with Crippen molar-refractivity contribution in [3.8, 4) is 0 Å². The highest BCUT2D eigenvalue weighted by Gasteiger charge is 2.10. The van der Waals surface area contributed by atoms with E-state index in [0.29, 0.717) is 16.5 Å². The molecule has 2 aromatic rings. The molecule has 0 fully saturated rings. The highest BCUT2D eigenvalue weighted by atomic mass is 127. The number of benzene rings is 1. The van der Waals surface area contributed by atoms with E-state index in [1.807, 2.05) is 0 Å². The van der Waals surface area contributed by atoms with Gasteiger partial charge in [0.15, 0.2) is 0 Å². The van der Waals surface area contributed by atoms with Gasteiger partial charge >= 0.3 is 0 Å². The first-order valence-corrected chi connectivity index (χ1v) is 6.14. The molecular formula is C10H8ClIN4O. The van der Waals surface area contributed by atoms with Crippen LogP contribution < -0.4 is 5.32 Å². The summed E-state index contributed by atoms with van der Waals surface area (Å²) in [6.07, 6.45) is 1.37. The van der Waals surface area contributed by atoms with Crippen LogP contribution in [-0.2, 0) is 7.05 Å². The summed E-state index contributed by atoms with van der Waals surface area (Å²) in [6, 6.07) is 5.11. The Labute approximate surface area is 116 Å². The molecule has 7 heteroatoms. The summed E-state index contributed by atoms with van der Waals surface area (Å²) >= 11 is 8.05. The smallest absolute Gasteiger partial charge is 0.258 e. The van der Waals surface area contributed by atoms with Crippen molar-refractivity contribution >= 4 is 46.0 Å². The molecule has 0 aliphatic carbocycles. The number of nitrogens with zero attached hydrogens (tertiary/aromatic N) is 3. The maximum atomic E-state index is 11.9. The zero-order valence-electron chi connectivity index (χ0n) is 8.82. The van der Waals surface area contributed by atoms with Crippen molar-refractivity contribution < 1.29 is 4.79 Å². The van der Waals surface area contributed by atoms with Crippen LogP contribution in [0.4, 0.5) is 5.95 Å². The first kappa shape index (κ1) is 12.3. The number of carbonyl (C=O) groups is 1. The van der Waals surface area contributed by atoms with E-state index < -0.39 is 0 Å². The Hall–Kier alpha value is -1.15. The van der Waals surface area contributed by atoms with Gasteiger partial charge in [-0.25, -0.2) is 4.68 Å². The molecule has 1 heterocycles. The summed E-state index contributed by atoms with van der Waals surface area (Å²) in [5.41, 5.74) is 0.485. The fraction of sp³-hybridized carbons (Fsp3) is 0.100. The Balaban J connectivity index is 2.20. The number of rotatable bonds is 2. The maximum Gasteiger partial charge on any atom is 0.258 e. The molecule has 1 aromatic carbocycles. The topological polar surface area (TPSA) is 59.8 Å². The zero-order chi connectivity index (χ0) is 12.4. The number of anilines is 1. The zero-order valence-corrected chi connectivity index (χ0v) is 11.7. The van der Waals surface area contributed by atoms with Gasteiger partial charge in [0.05, 0.1) is 5.02 Å². The van der Waals surface area contributed by atoms with Crippen molar-refractivity contribution in [3.63, 3.8) is 0 Å². The summed E-state index contributed by atoms with van der Waals surface area (Å²) in [6.45, 7) is 0. The van der Waals surface area contributed by atoms with Crippen LogP contribution in [0.5, 0.6) is 0 Å². The molecule has 88 valence electrons. The number of hydrogen-bond acceptors (Lipinski definition) is 3. The Morgan fingerprint density at radius 1 is 1.53 bits per heavy atom. The molecule has 17 heavy (non-hydrogen) atoms. The van der Waals surface area contributed by atoms with E-state index in [9.17, 15) is 4.79 Å². The molecule has 1 N–H and O–H groups in total. The molecule has 1 amide bonds. The second-order valence-electron chi connectivity index (χ2n) is 3.29. The van der Waals surface area contributed by atoms with Crippen LogP contribution >= 0.6 is 34.2 Å². The first-order valence-electron chi connectivity index (χ1n) is 4.68. The van der Waals surface area contributed by atoms with Gasteiger partial charge in [0.1, 0.15) is 6.33 Å². The molecule has 0 aliphatic heterocycles. The molecule has 0 saturated carbocycles. The van der Waals surface area contributed by atoms with E-state index in [1.165, 1.54) is 11.0 Å². The molecule has 5 nitrogen and oxygen atoms in total. The fourth-order valence-corrected chi connectivity index (χ4v) is 1.74. The van der Waals surface area contributed by atoms with E-state index >= 15 is 0 Å². The number of hydrogen-bond donors (Lipinski definition) is 1. The molecule has 0 spiro atoms. The number of halogens is 2. The second-order valence-corrected chi connectivity index (χ2v) is 4.86. The number of aromatic nitrogens is 3. The van der Waals surface area contributed by atoms with Gasteiger partial charge in [-0.2, -0.15) is 10.1 Å². The minimum Gasteiger partial charge on any atom is -0.291 e. The number of amides is 1. The van der Waals surface area contributed by atoms with Crippen LogP contribution in [-0.4, -0.2) is 20.7 Å². The van der Waals surface area contributed by atoms with Gasteiger partial charge in [0, 0.05) is 16.2 Å². The summed E-state index contributed by atoms with van der Waals surface area (Å²) < 4.78 is 2.38. The lowest BCUT2D eigenvalue weighted by Gasteiger charge is -2.04. The number of nitrogens with one attached hydrogen (secondary N) is 1. The molecule has 0 saturated heterocycles. The summed E-state index contributed by atoms with van der Waals surface area (Å²) in [5.74, 6) is 0.129. The van der Waals surface area contributed by atoms with Crippen LogP contribution in [0.3, 0.4) is 0 Å². The Morgan fingerprint density at radius 3 is 2.88 bits per heavy atom. The minimum absolute atomic E-state index is 0.264. The van der Waals surface area contributed by atoms with Crippen molar-refractivity contribution in [1.29, 1.82) is 0 Å². The Kier molecular flexibility index (Phi) is 3.63. The van der Waals surface area contributed by atoms with E-state index in [1.54, 1.807) is 25.2 Å². The summed E-state index contributed by atoms with van der Waals surface area (Å²) in [4.78, 5) is 15.8. The highest BCUT2D eigenvalue weighted by molar-refractivity contribution is 14.1. The molecule has 0 atom stereocenters. The van der Waals surface area contributed by atoms with Gasteiger partial charge < -0.3 is 0 Å². The van der Waals surface area contributed by atoms with Gasteiger partial charge in [-0.3, -0.25) is 10.1 Å². The van der Waals surface area contributed by atoms with E-state index in [-0.39, 0.29) is 5.91 Å². The van der Waals surface area contributed by atoms with Gasteiger partial charge in [0.25, 0.3) is 5.91 Å². The molecule has 0 unspecified atom stereocenters. The quantitative estimate of drug-likeness (QED) is 0.834. The third-order valence-electron chi connectivity index (χ3n) is 2.12. The summed E-state index contributed by atoms with van der Waals surface area (Å²) in [5, 5.41) is 7.05. The minimum atomic E-state index is -0.264. The molecule has 0 aliphatic rings. The third-order valence-corrected chi connectivity index (χ3v) is 3.69. The van der Waals surface area contributed by atoms with Gasteiger partial charge in [-0.05, 0) is 40.8 Å². The standard InChI is InChI=1S/C10H8ClIN4O/c1-16-10(13-5-14-16)15-9(17)6-2-3-8(12)7(11)4-6/h2-5H,1H3,(H,13,14,15,17). The largest absolute Gasteiger partial charge is 0.291 e. The summed E-state index contributed by atoms with van der Waals surface area (Å²) in [7, 11) is 1.70. The van der Waals surface area contributed by atoms with Crippen LogP contribution in [0.25, 0.3) is 0 Å². The maximum absolute atomic E-state index is 11.9. The van der Waals surface area contributed by atoms with Crippen molar-refractivity contribution in [2.24, 2.45) is 7.05 Å². The molecular weight excluding hydrogens is 354 g/mol. The van der Waals surface area contributed by atoms with Crippen LogP contribution in [0.2, 0.25) is 5.02 Å². The van der Waals surface area contributed by atoms with Gasteiger partial charge in [-0.15, -0.1) is 0 Å². The van der Waals surface area contributed by atoms with Crippen molar-refractivity contribution in [2.75, 3.05) is 5.32 Å². The molecule has 0 bridgehead atoms. The average molecular weight is 363 g/mol. The highest BCUT2D eigenvalue weighted by Crippen LogP contribution is 2.20. The van der Waals surface area contributed by atoms with E-state index in [0.717, 1.165) is 3.57 Å². The van der Waals surface area contributed by atoms with Crippen LogP contribution in [0, 0.1) is 3.57 Å². The number of carbonyl (C=O) groups excluding carboxylic acids is 1. The Morgan fingerprint density at radius 2 is 2.29 bits per heavy atom. The lowest BCUT2D eigenvalue weighted by Crippen LogP contribution is -2.15. The second kappa shape index (κ2) is 5.01. The predicted octanol–water partition coefficient (Wildman–Crippen LogP) is 2.33. The van der Waals surface area contributed by atoms with Crippen molar-refractivity contribution in [2.45, 2.75) is 0 Å². The van der Waals surface area contributed by atoms with E-state index in [4.69, 9.17) is 11.6 Å². The monoisotopic (exact) mass is 362 g/mol. The van der Waals surface area contributed by atoms with Crippen molar-refractivity contribution in [1.82, 2.24) is 14.8 Å². The average Bonchev–Trinajstić information content (AvgIpc) is 2.68. The predicted molar refractivity (Wildman–Crippen MR) is 73.1 cm³/mol. The van der Waals surface area contributed by atoms with Gasteiger partial charge in [-0.1, -0.05) is 11.6 Å². The van der Waals surface area contributed by atoms with Crippen molar-refractivity contribution in [3.05, 3.63) is 38.7 Å². The van der Waals surface area contributed by atoms with Gasteiger partial charge in [0.2, 0.25) is 5.95 Å². The lowest BCUT2D eigenvalue weighted by molar-refractivity contribution is 0.102. The molecule has 2 rings (SSSR count). The SMILES string of the molecule is Cn1ncnc1NC(=O)c1ccc(I)c(Cl)c1. The van der Waals surface area contributed by atoms with Crippen LogP contribution in [0.1, 0.15) is 10.4 Å². The third kappa shape index (κ3) is 2.75. The lowest BCUT2D eigenvalue weighted by atomic mass is 10.2. The van der Waals surface area contributed by atoms with E-state index in [2.05, 4.69) is 38.0 Å².